The zero-order valence-electron chi connectivity index (χ0n) is 10.4. The molecular weight excluding hydrogens is 325 g/mol. The van der Waals surface area contributed by atoms with Gasteiger partial charge in [0.05, 0.1) is 15.8 Å². The molecule has 0 amide bonds. The Balaban J connectivity index is 2.22. The smallest absolute Gasteiger partial charge is 0.322 e. The van der Waals surface area contributed by atoms with Crippen molar-refractivity contribution in [2.24, 2.45) is 0 Å². The minimum atomic E-state index is -3.69. The third-order valence-electron chi connectivity index (χ3n) is 3.18. The first-order valence-electron chi connectivity index (χ1n) is 5.97. The van der Waals surface area contributed by atoms with Gasteiger partial charge in [-0.15, -0.1) is 0 Å². The Bertz CT molecular complexity index is 632. The Morgan fingerprint density at radius 2 is 2.05 bits per heavy atom. The monoisotopic (exact) mass is 337 g/mol. The van der Waals surface area contributed by atoms with Gasteiger partial charge in [-0.05, 0) is 30.5 Å². The average molecular weight is 338 g/mol. The second-order valence-electron chi connectivity index (χ2n) is 4.61. The lowest BCUT2D eigenvalue weighted by Crippen LogP contribution is -2.40. The van der Waals surface area contributed by atoms with Crippen LogP contribution in [-0.2, 0) is 20.6 Å². The van der Waals surface area contributed by atoms with E-state index in [-0.39, 0.29) is 17.3 Å². The van der Waals surface area contributed by atoms with Crippen LogP contribution in [0.4, 0.5) is 0 Å². The topological polar surface area (TPSA) is 74.7 Å². The minimum absolute atomic E-state index is 0.237. The molecule has 0 aliphatic carbocycles. The first kappa shape index (κ1) is 15.6. The Morgan fingerprint density at radius 3 is 2.65 bits per heavy atom. The molecule has 1 aromatic rings. The number of sulfonamides is 1. The summed E-state index contributed by atoms with van der Waals surface area (Å²) in [5.74, 6) is -1.39. The van der Waals surface area contributed by atoms with Gasteiger partial charge in [-0.2, -0.15) is 4.31 Å². The predicted molar refractivity (Wildman–Crippen MR) is 76.4 cm³/mol. The number of halogens is 2. The minimum Gasteiger partial charge on any atom is -0.480 e. The molecule has 1 aromatic carbocycles. The van der Waals surface area contributed by atoms with Gasteiger partial charge in [0.2, 0.25) is 10.0 Å². The van der Waals surface area contributed by atoms with Crippen LogP contribution in [0.15, 0.2) is 18.2 Å². The van der Waals surface area contributed by atoms with Crippen LogP contribution in [0, 0.1) is 0 Å². The van der Waals surface area contributed by atoms with Crippen LogP contribution < -0.4 is 0 Å². The van der Waals surface area contributed by atoms with Crippen LogP contribution >= 0.6 is 23.2 Å². The summed E-state index contributed by atoms with van der Waals surface area (Å²) in [7, 11) is -3.69. The number of benzene rings is 1. The summed E-state index contributed by atoms with van der Waals surface area (Å²) >= 11 is 11.6. The third-order valence-corrected chi connectivity index (χ3v) is 5.77. The highest BCUT2D eigenvalue weighted by atomic mass is 35.5. The summed E-state index contributed by atoms with van der Waals surface area (Å²) in [6.07, 6.45) is 0.896. The Morgan fingerprint density at radius 1 is 1.35 bits per heavy atom. The predicted octanol–water partition coefficient (Wildman–Crippen LogP) is 2.37. The number of carbonyl (C=O) groups is 1. The Kier molecular flexibility index (Phi) is 4.59. The fraction of sp³-hybridized carbons (Fsp3) is 0.417. The van der Waals surface area contributed by atoms with Gasteiger partial charge in [-0.1, -0.05) is 29.3 Å². The fourth-order valence-electron chi connectivity index (χ4n) is 2.24. The maximum Gasteiger partial charge on any atom is 0.322 e. The molecule has 0 unspecified atom stereocenters. The van der Waals surface area contributed by atoms with Gasteiger partial charge < -0.3 is 5.11 Å². The van der Waals surface area contributed by atoms with E-state index in [0.29, 0.717) is 23.4 Å². The third kappa shape index (κ3) is 3.25. The molecule has 1 N–H and O–H groups in total. The highest BCUT2D eigenvalue weighted by Gasteiger charge is 2.38. The van der Waals surface area contributed by atoms with Gasteiger partial charge in [-0.25, -0.2) is 8.42 Å². The standard InChI is InChI=1S/C12H13Cl2NO4S/c13-9-4-3-8(6-10(9)14)7-20(18,19)15-5-1-2-11(15)12(16)17/h3-4,6,11H,1-2,5,7H2,(H,16,17)/t11-/m1/s1. The second-order valence-corrected chi connectivity index (χ2v) is 7.35. The molecular formula is C12H13Cl2NO4S. The normalized spacial score (nSPS) is 20.2. The summed E-state index contributed by atoms with van der Waals surface area (Å²) in [4.78, 5) is 11.1. The molecule has 0 spiro atoms. The fourth-order valence-corrected chi connectivity index (χ4v) is 4.32. The van der Waals surface area contributed by atoms with E-state index in [4.69, 9.17) is 28.3 Å². The lowest BCUT2D eigenvalue weighted by atomic mass is 10.2. The first-order valence-corrected chi connectivity index (χ1v) is 8.34. The SMILES string of the molecule is O=C(O)[C@H]1CCCN1S(=O)(=O)Cc1ccc(Cl)c(Cl)c1. The van der Waals surface area contributed by atoms with Crippen LogP contribution in [0.5, 0.6) is 0 Å². The highest BCUT2D eigenvalue weighted by Crippen LogP contribution is 2.27. The molecule has 2 rings (SSSR count). The van der Waals surface area contributed by atoms with Crippen molar-refractivity contribution in [1.29, 1.82) is 0 Å². The molecule has 1 heterocycles. The lowest BCUT2D eigenvalue weighted by Gasteiger charge is -2.21. The summed E-state index contributed by atoms with van der Waals surface area (Å²) in [5.41, 5.74) is 0.482. The van der Waals surface area contributed by atoms with Crippen molar-refractivity contribution in [1.82, 2.24) is 4.31 Å². The lowest BCUT2D eigenvalue weighted by molar-refractivity contribution is -0.140. The largest absolute Gasteiger partial charge is 0.480 e. The van der Waals surface area contributed by atoms with E-state index in [2.05, 4.69) is 0 Å². The van der Waals surface area contributed by atoms with Crippen LogP contribution in [0.1, 0.15) is 18.4 Å². The van der Waals surface area contributed by atoms with E-state index < -0.39 is 22.0 Å². The van der Waals surface area contributed by atoms with Gasteiger partial charge >= 0.3 is 5.97 Å². The van der Waals surface area contributed by atoms with E-state index in [1.54, 1.807) is 6.07 Å². The molecule has 0 bridgehead atoms. The van der Waals surface area contributed by atoms with Crippen molar-refractivity contribution in [3.8, 4) is 0 Å². The van der Waals surface area contributed by atoms with E-state index in [1.165, 1.54) is 12.1 Å². The second kappa shape index (κ2) is 5.89. The number of rotatable bonds is 4. The molecule has 0 saturated carbocycles. The summed E-state index contributed by atoms with van der Waals surface area (Å²) in [5, 5.41) is 9.67. The van der Waals surface area contributed by atoms with Crippen molar-refractivity contribution in [3.63, 3.8) is 0 Å². The maximum absolute atomic E-state index is 12.3. The van der Waals surface area contributed by atoms with Crippen LogP contribution in [0.2, 0.25) is 10.0 Å². The zero-order valence-corrected chi connectivity index (χ0v) is 12.7. The number of nitrogens with zero attached hydrogens (tertiary/aromatic N) is 1. The van der Waals surface area contributed by atoms with E-state index >= 15 is 0 Å². The first-order chi connectivity index (χ1) is 9.31. The number of carboxylic acids is 1. The zero-order chi connectivity index (χ0) is 14.9. The summed E-state index contributed by atoms with van der Waals surface area (Å²) in [6.45, 7) is 0.237. The Labute approximate surface area is 127 Å². The molecule has 0 aromatic heterocycles. The van der Waals surface area contributed by atoms with Gasteiger partial charge in [0.15, 0.2) is 0 Å². The van der Waals surface area contributed by atoms with E-state index in [9.17, 15) is 13.2 Å². The molecule has 0 radical (unpaired) electrons. The highest BCUT2D eigenvalue weighted by molar-refractivity contribution is 7.88. The van der Waals surface area contributed by atoms with Crippen LogP contribution in [0.25, 0.3) is 0 Å². The van der Waals surface area contributed by atoms with Gasteiger partial charge in [0, 0.05) is 6.54 Å². The van der Waals surface area contributed by atoms with Crippen LogP contribution in [-0.4, -0.2) is 36.4 Å². The molecule has 1 atom stereocenters. The van der Waals surface area contributed by atoms with E-state index in [0.717, 1.165) is 4.31 Å². The molecule has 1 fully saturated rings. The summed E-state index contributed by atoms with van der Waals surface area (Å²) < 4.78 is 25.7. The number of hydrogen-bond acceptors (Lipinski definition) is 3. The molecule has 8 heteroatoms. The van der Waals surface area contributed by atoms with Crippen molar-refractivity contribution < 1.29 is 18.3 Å². The molecule has 20 heavy (non-hydrogen) atoms. The Hall–Kier alpha value is -0.820. The van der Waals surface area contributed by atoms with Gasteiger partial charge in [-0.3, -0.25) is 4.79 Å². The number of carboxylic acid groups (broad SMARTS) is 1. The molecule has 5 nitrogen and oxygen atoms in total. The van der Waals surface area contributed by atoms with Gasteiger partial charge in [0.25, 0.3) is 0 Å². The molecule has 1 aliphatic rings. The maximum atomic E-state index is 12.3. The van der Waals surface area contributed by atoms with Crippen LogP contribution in [0.3, 0.4) is 0 Å². The number of hydrogen-bond donors (Lipinski definition) is 1. The van der Waals surface area contributed by atoms with Gasteiger partial charge in [0.1, 0.15) is 6.04 Å². The van der Waals surface area contributed by atoms with Crippen molar-refractivity contribution >= 4 is 39.2 Å². The quantitative estimate of drug-likeness (QED) is 0.915. The van der Waals surface area contributed by atoms with E-state index in [1.807, 2.05) is 0 Å². The van der Waals surface area contributed by atoms with Crippen molar-refractivity contribution in [3.05, 3.63) is 33.8 Å². The van der Waals surface area contributed by atoms with Crippen molar-refractivity contribution in [2.45, 2.75) is 24.6 Å². The molecule has 1 aliphatic heterocycles. The summed E-state index contributed by atoms with van der Waals surface area (Å²) in [6, 6.07) is 3.60. The van der Waals surface area contributed by atoms with Crippen molar-refractivity contribution in [2.75, 3.05) is 6.54 Å². The average Bonchev–Trinajstić information content (AvgIpc) is 2.83. The number of aliphatic carboxylic acids is 1. The molecule has 110 valence electrons. The molecule has 1 saturated heterocycles.